The Morgan fingerprint density at radius 3 is 2.44 bits per heavy atom. The van der Waals surface area contributed by atoms with Gasteiger partial charge in [-0.1, -0.05) is 13.3 Å². The highest BCUT2D eigenvalue weighted by Crippen LogP contribution is 2.56. The van der Waals surface area contributed by atoms with Crippen LogP contribution in [0.3, 0.4) is 0 Å². The molecule has 2 atom stereocenters. The molecule has 2 unspecified atom stereocenters. The van der Waals surface area contributed by atoms with Gasteiger partial charge in [0.05, 0.1) is 0 Å². The van der Waals surface area contributed by atoms with Crippen LogP contribution in [0.25, 0.3) is 0 Å². The minimum absolute atomic E-state index is 0.198. The highest BCUT2D eigenvalue weighted by atomic mass is 15.0. The van der Waals surface area contributed by atoms with Crippen LogP contribution >= 0.6 is 0 Å². The Balaban J connectivity index is 1.71. The van der Waals surface area contributed by atoms with Gasteiger partial charge in [0.1, 0.15) is 0 Å². The van der Waals surface area contributed by atoms with Crippen LogP contribution in [-0.2, 0) is 0 Å². The fourth-order valence-electron chi connectivity index (χ4n) is 5.07. The number of unbranched alkanes of at least 4 members (excludes halogenated alkanes) is 1. The largest absolute Gasteiger partial charge is 0.325 e. The van der Waals surface area contributed by atoms with Crippen molar-refractivity contribution in [3.05, 3.63) is 0 Å². The van der Waals surface area contributed by atoms with Crippen molar-refractivity contribution in [3.63, 3.8) is 0 Å². The number of nitrogens with one attached hydrogen (secondary N) is 1. The van der Waals surface area contributed by atoms with Crippen LogP contribution < -0.4 is 11.1 Å². The summed E-state index contributed by atoms with van der Waals surface area (Å²) in [4.78, 5) is 0. The molecule has 4 rings (SSSR count). The molecular formula is C14H26N2. The minimum atomic E-state index is 0.198. The maximum Gasteiger partial charge on any atom is 0.0204 e. The normalized spacial score (nSPS) is 49.9. The first kappa shape index (κ1) is 11.0. The third-order valence-corrected chi connectivity index (χ3v) is 5.14. The molecule has 3 N–H and O–H groups in total. The van der Waals surface area contributed by atoms with E-state index in [0.29, 0.717) is 5.54 Å². The van der Waals surface area contributed by atoms with Crippen molar-refractivity contribution < 1.29 is 0 Å². The topological polar surface area (TPSA) is 38.0 Å². The van der Waals surface area contributed by atoms with E-state index >= 15 is 0 Å². The first-order valence-electron chi connectivity index (χ1n) is 7.17. The first-order valence-corrected chi connectivity index (χ1v) is 7.17. The molecule has 2 heteroatoms. The average Bonchev–Trinajstić information content (AvgIpc) is 2.13. The average molecular weight is 222 g/mol. The smallest absolute Gasteiger partial charge is 0.0204 e. The lowest BCUT2D eigenvalue weighted by atomic mass is 9.50. The van der Waals surface area contributed by atoms with Crippen LogP contribution in [0.4, 0.5) is 0 Å². The van der Waals surface area contributed by atoms with Crippen molar-refractivity contribution in [2.45, 2.75) is 69.4 Å². The van der Waals surface area contributed by atoms with Gasteiger partial charge in [0.2, 0.25) is 0 Å². The van der Waals surface area contributed by atoms with E-state index < -0.39 is 0 Å². The molecular weight excluding hydrogens is 196 g/mol. The quantitative estimate of drug-likeness (QED) is 0.717. The summed E-state index contributed by atoms with van der Waals surface area (Å²) in [6.07, 6.45) is 10.8. The van der Waals surface area contributed by atoms with Gasteiger partial charge in [0.25, 0.3) is 0 Å². The third kappa shape index (κ3) is 1.80. The van der Waals surface area contributed by atoms with Gasteiger partial charge in [0, 0.05) is 11.1 Å². The van der Waals surface area contributed by atoms with Crippen LogP contribution in [0.15, 0.2) is 0 Å². The van der Waals surface area contributed by atoms with E-state index in [1.165, 1.54) is 57.9 Å². The van der Waals surface area contributed by atoms with E-state index in [-0.39, 0.29) is 5.54 Å². The van der Waals surface area contributed by atoms with Crippen LogP contribution in [0, 0.1) is 11.8 Å². The van der Waals surface area contributed by atoms with E-state index in [4.69, 9.17) is 5.73 Å². The van der Waals surface area contributed by atoms with Crippen molar-refractivity contribution in [2.75, 3.05) is 6.54 Å². The summed E-state index contributed by atoms with van der Waals surface area (Å²) in [5.41, 5.74) is 7.21. The van der Waals surface area contributed by atoms with Gasteiger partial charge in [-0.2, -0.15) is 0 Å². The molecule has 0 aromatic carbocycles. The Hall–Kier alpha value is -0.0800. The second-order valence-corrected chi connectivity index (χ2v) is 6.88. The zero-order valence-corrected chi connectivity index (χ0v) is 10.6. The van der Waals surface area contributed by atoms with Crippen LogP contribution in [0.2, 0.25) is 0 Å². The van der Waals surface area contributed by atoms with Gasteiger partial charge < -0.3 is 11.1 Å². The summed E-state index contributed by atoms with van der Waals surface area (Å²) >= 11 is 0. The Labute approximate surface area is 99.4 Å². The maximum atomic E-state index is 6.57. The lowest BCUT2D eigenvalue weighted by Gasteiger charge is -2.61. The molecule has 0 aromatic heterocycles. The van der Waals surface area contributed by atoms with Crippen LogP contribution in [-0.4, -0.2) is 17.6 Å². The van der Waals surface area contributed by atoms with Crippen molar-refractivity contribution in [3.8, 4) is 0 Å². The molecule has 4 aliphatic carbocycles. The van der Waals surface area contributed by atoms with E-state index in [2.05, 4.69) is 12.2 Å². The van der Waals surface area contributed by atoms with E-state index in [1.54, 1.807) is 0 Å². The minimum Gasteiger partial charge on any atom is -0.325 e. The standard InChI is InChI=1S/C14H26N2/c1-2-3-4-16-14-8-11-5-12(9-14)7-13(15,6-11)10-14/h11-12,16H,2-10,15H2,1H3. The van der Waals surface area contributed by atoms with Gasteiger partial charge in [-0.25, -0.2) is 0 Å². The molecule has 0 heterocycles. The molecule has 92 valence electrons. The number of nitrogens with two attached hydrogens (primary N) is 1. The third-order valence-electron chi connectivity index (χ3n) is 5.14. The predicted octanol–water partition coefficient (Wildman–Crippen LogP) is 2.43. The summed E-state index contributed by atoms with van der Waals surface area (Å²) in [6, 6.07) is 0. The maximum absolute atomic E-state index is 6.57. The number of hydrogen-bond acceptors (Lipinski definition) is 2. The first-order chi connectivity index (χ1) is 7.63. The van der Waals surface area contributed by atoms with Crippen molar-refractivity contribution in [2.24, 2.45) is 17.6 Å². The Bertz CT molecular complexity index is 260. The molecule has 0 spiro atoms. The summed E-state index contributed by atoms with van der Waals surface area (Å²) in [5.74, 6) is 1.86. The van der Waals surface area contributed by atoms with Crippen molar-refractivity contribution in [1.29, 1.82) is 0 Å². The zero-order chi connectivity index (χ0) is 11.2. The molecule has 16 heavy (non-hydrogen) atoms. The van der Waals surface area contributed by atoms with Crippen molar-refractivity contribution >= 4 is 0 Å². The highest BCUT2D eigenvalue weighted by Gasteiger charge is 2.55. The summed E-state index contributed by atoms with van der Waals surface area (Å²) in [7, 11) is 0. The molecule has 0 radical (unpaired) electrons. The SMILES string of the molecule is CCCCNC12CC3CC(CC(N)(C3)C1)C2. The van der Waals surface area contributed by atoms with Crippen LogP contribution in [0.5, 0.6) is 0 Å². The number of hydrogen-bond donors (Lipinski definition) is 2. The fraction of sp³-hybridized carbons (Fsp3) is 1.00. The Kier molecular flexibility index (Phi) is 2.56. The van der Waals surface area contributed by atoms with Crippen molar-refractivity contribution in [1.82, 2.24) is 5.32 Å². The molecule has 4 fully saturated rings. The Morgan fingerprint density at radius 2 is 1.88 bits per heavy atom. The molecule has 2 nitrogen and oxygen atoms in total. The van der Waals surface area contributed by atoms with E-state index in [1.807, 2.05) is 0 Å². The van der Waals surface area contributed by atoms with Gasteiger partial charge >= 0.3 is 0 Å². The zero-order valence-electron chi connectivity index (χ0n) is 10.6. The lowest BCUT2D eigenvalue weighted by Crippen LogP contribution is -2.67. The second kappa shape index (κ2) is 3.71. The van der Waals surface area contributed by atoms with Gasteiger partial charge in [-0.15, -0.1) is 0 Å². The summed E-state index contributed by atoms with van der Waals surface area (Å²) in [6.45, 7) is 3.47. The predicted molar refractivity (Wildman–Crippen MR) is 67.2 cm³/mol. The highest BCUT2D eigenvalue weighted by molar-refractivity contribution is 5.14. The molecule has 4 aliphatic rings. The lowest BCUT2D eigenvalue weighted by molar-refractivity contribution is -0.0354. The van der Waals surface area contributed by atoms with Crippen LogP contribution in [0.1, 0.15) is 58.3 Å². The van der Waals surface area contributed by atoms with E-state index in [9.17, 15) is 0 Å². The summed E-state index contributed by atoms with van der Waals surface area (Å²) < 4.78 is 0. The molecule has 0 aliphatic heterocycles. The van der Waals surface area contributed by atoms with E-state index in [0.717, 1.165) is 11.8 Å². The van der Waals surface area contributed by atoms with Gasteiger partial charge in [-0.05, 0) is 63.3 Å². The molecule has 0 amide bonds. The molecule has 0 aromatic rings. The fourth-order valence-corrected chi connectivity index (χ4v) is 5.07. The monoisotopic (exact) mass is 222 g/mol. The molecule has 4 saturated carbocycles. The molecule has 4 bridgehead atoms. The Morgan fingerprint density at radius 1 is 1.19 bits per heavy atom. The second-order valence-electron chi connectivity index (χ2n) is 6.88. The summed E-state index contributed by atoms with van der Waals surface area (Å²) in [5, 5.41) is 3.87. The van der Waals surface area contributed by atoms with Gasteiger partial charge in [0.15, 0.2) is 0 Å². The molecule has 0 saturated heterocycles. The number of rotatable bonds is 4. The van der Waals surface area contributed by atoms with Gasteiger partial charge in [-0.3, -0.25) is 0 Å².